The fourth-order valence-electron chi connectivity index (χ4n) is 3.62. The first-order valence-electron chi connectivity index (χ1n) is 8.15. The smallest absolute Gasteiger partial charge is 0.184 e. The third kappa shape index (κ3) is 3.42. The van der Waals surface area contributed by atoms with E-state index >= 15 is 0 Å². The van der Waals surface area contributed by atoms with Gasteiger partial charge in [-0.2, -0.15) is 0 Å². The van der Waals surface area contributed by atoms with Gasteiger partial charge in [-0.05, 0) is 30.2 Å². The number of benzene rings is 1. The summed E-state index contributed by atoms with van der Waals surface area (Å²) in [6.45, 7) is 3.86. The van der Waals surface area contributed by atoms with E-state index in [2.05, 4.69) is 31.2 Å². The van der Waals surface area contributed by atoms with Crippen LogP contribution in [0.15, 0.2) is 24.3 Å². The molecule has 0 spiro atoms. The maximum Gasteiger partial charge on any atom is 0.184 e. The van der Waals surface area contributed by atoms with Crippen LogP contribution in [-0.4, -0.2) is 13.2 Å². The zero-order chi connectivity index (χ0) is 13.8. The van der Waals surface area contributed by atoms with Crippen LogP contribution in [0.2, 0.25) is 0 Å². The Morgan fingerprint density at radius 2 is 1.90 bits per heavy atom. The summed E-state index contributed by atoms with van der Waals surface area (Å²) in [6.07, 6.45) is 8.10. The normalized spacial score (nSPS) is 27.9. The van der Waals surface area contributed by atoms with Crippen molar-refractivity contribution >= 4 is 0 Å². The van der Waals surface area contributed by atoms with E-state index in [1.807, 2.05) is 0 Å². The molecular weight excluding hydrogens is 248 g/mol. The zero-order valence-electron chi connectivity index (χ0n) is 12.5. The Morgan fingerprint density at radius 3 is 2.70 bits per heavy atom. The summed E-state index contributed by atoms with van der Waals surface area (Å²) in [5.74, 6) is 1.83. The quantitative estimate of drug-likeness (QED) is 0.805. The molecule has 1 saturated heterocycles. The maximum atomic E-state index is 5.58. The minimum Gasteiger partial charge on any atom is -0.346 e. The first-order valence-corrected chi connectivity index (χ1v) is 8.15. The van der Waals surface area contributed by atoms with Crippen LogP contribution in [0.1, 0.15) is 56.4 Å². The summed E-state index contributed by atoms with van der Waals surface area (Å²) in [4.78, 5) is 0. The zero-order valence-corrected chi connectivity index (χ0v) is 12.5. The molecule has 1 saturated carbocycles. The van der Waals surface area contributed by atoms with Crippen LogP contribution in [0.3, 0.4) is 0 Å². The second kappa shape index (κ2) is 6.73. The van der Waals surface area contributed by atoms with Crippen molar-refractivity contribution in [1.82, 2.24) is 0 Å². The molecule has 1 heterocycles. The number of rotatable bonds is 4. The van der Waals surface area contributed by atoms with Gasteiger partial charge in [0.25, 0.3) is 0 Å². The molecule has 2 fully saturated rings. The lowest BCUT2D eigenvalue weighted by Crippen LogP contribution is -2.17. The standard InChI is InChI=1S/C18H26O2/c1-14-5-2-3-7-16(14)10-9-15-6-4-8-17(13-15)18-19-11-12-20-18/h4,6,8,13-14,16,18H,2-3,5,7,9-12H2,1H3. The average molecular weight is 274 g/mol. The predicted octanol–water partition coefficient (Wildman–Crippen LogP) is 4.49. The maximum absolute atomic E-state index is 5.58. The largest absolute Gasteiger partial charge is 0.346 e. The first kappa shape index (κ1) is 14.1. The molecule has 2 atom stereocenters. The van der Waals surface area contributed by atoms with Gasteiger partial charge in [0.1, 0.15) is 0 Å². The van der Waals surface area contributed by atoms with Gasteiger partial charge in [-0.1, -0.05) is 56.9 Å². The van der Waals surface area contributed by atoms with Gasteiger partial charge in [-0.3, -0.25) is 0 Å². The fourth-order valence-corrected chi connectivity index (χ4v) is 3.62. The van der Waals surface area contributed by atoms with Gasteiger partial charge >= 0.3 is 0 Å². The summed E-state index contributed by atoms with van der Waals surface area (Å²) in [5.41, 5.74) is 2.61. The molecule has 1 aliphatic heterocycles. The van der Waals surface area contributed by atoms with Gasteiger partial charge in [0.05, 0.1) is 13.2 Å². The molecule has 0 radical (unpaired) electrons. The van der Waals surface area contributed by atoms with Crippen LogP contribution >= 0.6 is 0 Å². The van der Waals surface area contributed by atoms with E-state index in [1.54, 1.807) is 0 Å². The molecule has 2 heteroatoms. The minimum atomic E-state index is -0.136. The van der Waals surface area contributed by atoms with E-state index < -0.39 is 0 Å². The molecule has 110 valence electrons. The Balaban J connectivity index is 1.58. The molecule has 1 aromatic rings. The Kier molecular flexibility index (Phi) is 4.74. The topological polar surface area (TPSA) is 18.5 Å². The number of hydrogen-bond acceptors (Lipinski definition) is 2. The summed E-state index contributed by atoms with van der Waals surface area (Å²) in [7, 11) is 0. The predicted molar refractivity (Wildman–Crippen MR) is 80.5 cm³/mol. The van der Waals surface area contributed by atoms with Crippen molar-refractivity contribution in [2.24, 2.45) is 11.8 Å². The molecule has 0 amide bonds. The summed E-state index contributed by atoms with van der Waals surface area (Å²) < 4.78 is 11.2. The summed E-state index contributed by atoms with van der Waals surface area (Å²) in [6, 6.07) is 8.76. The van der Waals surface area contributed by atoms with E-state index in [1.165, 1.54) is 49.7 Å². The fraction of sp³-hybridized carbons (Fsp3) is 0.667. The van der Waals surface area contributed by atoms with Crippen molar-refractivity contribution < 1.29 is 9.47 Å². The van der Waals surface area contributed by atoms with E-state index in [9.17, 15) is 0 Å². The molecule has 2 unspecified atom stereocenters. The lowest BCUT2D eigenvalue weighted by atomic mass is 9.77. The minimum absolute atomic E-state index is 0.136. The summed E-state index contributed by atoms with van der Waals surface area (Å²) in [5, 5.41) is 0. The lowest BCUT2D eigenvalue weighted by Gasteiger charge is -2.28. The van der Waals surface area contributed by atoms with Crippen molar-refractivity contribution in [2.45, 2.75) is 51.7 Å². The van der Waals surface area contributed by atoms with Crippen molar-refractivity contribution in [3.05, 3.63) is 35.4 Å². The van der Waals surface area contributed by atoms with Crippen LogP contribution in [-0.2, 0) is 15.9 Å². The Morgan fingerprint density at radius 1 is 1.10 bits per heavy atom. The van der Waals surface area contributed by atoms with Gasteiger partial charge < -0.3 is 9.47 Å². The molecule has 3 rings (SSSR count). The molecule has 1 aliphatic carbocycles. The average Bonchev–Trinajstić information content (AvgIpc) is 3.01. The molecule has 0 aromatic heterocycles. The third-order valence-corrected chi connectivity index (χ3v) is 4.94. The number of hydrogen-bond donors (Lipinski definition) is 0. The Bertz CT molecular complexity index is 423. The van der Waals surface area contributed by atoms with E-state index in [0.29, 0.717) is 13.2 Å². The van der Waals surface area contributed by atoms with Crippen molar-refractivity contribution in [2.75, 3.05) is 13.2 Å². The SMILES string of the molecule is CC1CCCCC1CCc1cccc(C2OCCO2)c1. The molecule has 20 heavy (non-hydrogen) atoms. The second-order valence-corrected chi connectivity index (χ2v) is 6.38. The second-order valence-electron chi connectivity index (χ2n) is 6.38. The van der Waals surface area contributed by atoms with Crippen molar-refractivity contribution in [1.29, 1.82) is 0 Å². The van der Waals surface area contributed by atoms with Gasteiger partial charge in [-0.15, -0.1) is 0 Å². The van der Waals surface area contributed by atoms with E-state index in [0.717, 1.165) is 11.8 Å². The van der Waals surface area contributed by atoms with Crippen LogP contribution in [0, 0.1) is 11.8 Å². The highest BCUT2D eigenvalue weighted by molar-refractivity contribution is 5.24. The van der Waals surface area contributed by atoms with Crippen molar-refractivity contribution in [3.63, 3.8) is 0 Å². The molecular formula is C18H26O2. The first-order chi connectivity index (χ1) is 9.83. The van der Waals surface area contributed by atoms with Gasteiger partial charge in [0.2, 0.25) is 0 Å². The molecule has 2 nitrogen and oxygen atoms in total. The van der Waals surface area contributed by atoms with Crippen LogP contribution in [0.5, 0.6) is 0 Å². The van der Waals surface area contributed by atoms with Gasteiger partial charge in [-0.25, -0.2) is 0 Å². The van der Waals surface area contributed by atoms with Gasteiger partial charge in [0, 0.05) is 5.56 Å². The van der Waals surface area contributed by atoms with E-state index in [4.69, 9.17) is 9.47 Å². The monoisotopic (exact) mass is 274 g/mol. The number of aryl methyl sites for hydroxylation is 1. The van der Waals surface area contributed by atoms with Crippen LogP contribution in [0.4, 0.5) is 0 Å². The van der Waals surface area contributed by atoms with Crippen LogP contribution < -0.4 is 0 Å². The highest BCUT2D eigenvalue weighted by atomic mass is 16.7. The highest BCUT2D eigenvalue weighted by Gasteiger charge is 2.21. The molecule has 0 bridgehead atoms. The lowest BCUT2D eigenvalue weighted by molar-refractivity contribution is -0.0441. The number of ether oxygens (including phenoxy) is 2. The highest BCUT2D eigenvalue weighted by Crippen LogP contribution is 2.33. The molecule has 2 aliphatic rings. The van der Waals surface area contributed by atoms with Gasteiger partial charge in [0.15, 0.2) is 6.29 Å². The Hall–Kier alpha value is -0.860. The van der Waals surface area contributed by atoms with Crippen molar-refractivity contribution in [3.8, 4) is 0 Å². The van der Waals surface area contributed by atoms with E-state index in [-0.39, 0.29) is 6.29 Å². The van der Waals surface area contributed by atoms with Crippen LogP contribution in [0.25, 0.3) is 0 Å². The summed E-state index contributed by atoms with van der Waals surface area (Å²) >= 11 is 0. The molecule has 0 N–H and O–H groups in total. The third-order valence-electron chi connectivity index (χ3n) is 4.94. The molecule has 1 aromatic carbocycles. The Labute approximate surface area is 122 Å².